The zero-order chi connectivity index (χ0) is 29.3. The van der Waals surface area contributed by atoms with Gasteiger partial charge in [-0.15, -0.1) is 0 Å². The molecule has 5 aromatic carbocycles. The fourth-order valence-corrected chi connectivity index (χ4v) is 6.33. The van der Waals surface area contributed by atoms with Crippen molar-refractivity contribution in [2.75, 3.05) is 0 Å². The Balaban J connectivity index is 1.54. The lowest BCUT2D eigenvalue weighted by atomic mass is 9.88. The largest absolute Gasteiger partial charge is 0.454 e. The van der Waals surface area contributed by atoms with Crippen molar-refractivity contribution in [3.63, 3.8) is 0 Å². The first kappa shape index (κ1) is 24.3. The van der Waals surface area contributed by atoms with E-state index < -0.39 is 5.82 Å². The highest BCUT2D eigenvalue weighted by Gasteiger charge is 2.25. The Labute approximate surface area is 241 Å². The highest BCUT2D eigenvalue weighted by molar-refractivity contribution is 6.18. The van der Waals surface area contributed by atoms with Gasteiger partial charge in [-0.1, -0.05) is 81.4 Å². The normalized spacial score (nSPS) is 12.6. The van der Waals surface area contributed by atoms with Crippen molar-refractivity contribution in [2.24, 2.45) is 12.5 Å². The van der Waals surface area contributed by atoms with Crippen LogP contribution in [0.4, 0.5) is 4.39 Å². The smallest absolute Gasteiger partial charge is 0.216 e. The van der Waals surface area contributed by atoms with Crippen molar-refractivity contribution in [1.82, 2.24) is 0 Å². The number of hydrogen-bond acceptors (Lipinski definition) is 1. The molecule has 7 rings (SSSR count). The van der Waals surface area contributed by atoms with Gasteiger partial charge in [0, 0.05) is 22.4 Å². The Morgan fingerprint density at radius 3 is 2.15 bits per heavy atom. The molecule has 3 heteroatoms. The van der Waals surface area contributed by atoms with Crippen LogP contribution in [0.15, 0.2) is 102 Å². The highest BCUT2D eigenvalue weighted by Crippen LogP contribution is 2.44. The Kier molecular flexibility index (Phi) is 5.50. The van der Waals surface area contributed by atoms with E-state index in [1.165, 1.54) is 11.6 Å². The van der Waals surface area contributed by atoms with Gasteiger partial charge in [-0.2, -0.15) is 0 Å². The Hall–Kier alpha value is -4.50. The molecule has 0 aliphatic rings. The van der Waals surface area contributed by atoms with E-state index in [1.54, 1.807) is 6.07 Å². The summed E-state index contributed by atoms with van der Waals surface area (Å²) in [5, 5.41) is 5.38. The van der Waals surface area contributed by atoms with Gasteiger partial charge in [0.05, 0.1) is 12.5 Å². The van der Waals surface area contributed by atoms with E-state index in [1.807, 2.05) is 48.5 Å². The lowest BCUT2D eigenvalue weighted by Crippen LogP contribution is -2.32. The molecule has 0 bridgehead atoms. The minimum Gasteiger partial charge on any atom is -0.454 e. The van der Waals surface area contributed by atoms with Gasteiger partial charge in [-0.25, -0.2) is 8.96 Å². The molecule has 7 aromatic rings. The van der Waals surface area contributed by atoms with Crippen LogP contribution in [0.25, 0.3) is 65.9 Å². The van der Waals surface area contributed by atoms with E-state index in [0.29, 0.717) is 22.8 Å². The lowest BCUT2D eigenvalue weighted by Gasteiger charge is -2.17. The third kappa shape index (κ3) is 4.19. The number of rotatable bonds is 3. The number of pyridine rings is 1. The molecule has 0 saturated carbocycles. The van der Waals surface area contributed by atoms with Gasteiger partial charge in [-0.3, -0.25) is 0 Å². The minimum absolute atomic E-state index is 0.188. The zero-order valence-corrected chi connectivity index (χ0v) is 24.1. The monoisotopic (exact) mass is 539 g/mol. The molecule has 0 unspecified atom stereocenters. The lowest BCUT2D eigenvalue weighted by molar-refractivity contribution is -0.660. The number of nitrogens with zero attached hydrogens (tertiary/aromatic N) is 1. The molecule has 41 heavy (non-hydrogen) atoms. The molecule has 2 heterocycles. The molecule has 0 amide bonds. The number of benzene rings is 5. The van der Waals surface area contributed by atoms with Crippen LogP contribution in [-0.2, 0) is 13.5 Å². The van der Waals surface area contributed by atoms with Crippen LogP contribution < -0.4 is 4.57 Å². The molecule has 0 N–H and O–H groups in total. The van der Waals surface area contributed by atoms with E-state index in [4.69, 9.17) is 4.42 Å². The van der Waals surface area contributed by atoms with Crippen molar-refractivity contribution in [1.29, 1.82) is 0 Å². The third-order valence-corrected chi connectivity index (χ3v) is 8.08. The predicted molar refractivity (Wildman–Crippen MR) is 169 cm³/mol. The first-order chi connectivity index (χ1) is 20.1. The molecule has 2 aromatic heterocycles. The summed E-state index contributed by atoms with van der Waals surface area (Å²) in [6, 6.07) is 28.0. The molecule has 2 nitrogen and oxygen atoms in total. The molecule has 202 valence electrons. The standard InChI is InChI=1S/C38H33FNO/c1-23-14-16-29-30-17-18-32(39)35(31-20-25-10-6-7-11-26(25)27-12-8-9-13-28(27)31)37(30)41-36(29)34(23)33-19-15-24(22-40(33)5)21-38(2,3)4/h6-20,22H,21H2,1-5H3/q+1/i20D. The Bertz CT molecular complexity index is 2200. The third-order valence-electron chi connectivity index (χ3n) is 8.08. The average molecular weight is 540 g/mol. The van der Waals surface area contributed by atoms with Gasteiger partial charge in [0.1, 0.15) is 24.0 Å². The van der Waals surface area contributed by atoms with Crippen LogP contribution in [-0.4, -0.2) is 0 Å². The summed E-state index contributed by atoms with van der Waals surface area (Å²) in [5.74, 6) is -0.397. The van der Waals surface area contributed by atoms with Crippen LogP contribution in [0.1, 0.15) is 33.3 Å². The van der Waals surface area contributed by atoms with Crippen LogP contribution >= 0.6 is 0 Å². The topological polar surface area (TPSA) is 17.0 Å². The first-order valence-electron chi connectivity index (χ1n) is 14.7. The van der Waals surface area contributed by atoms with Crippen LogP contribution in [0, 0.1) is 18.2 Å². The van der Waals surface area contributed by atoms with Crippen molar-refractivity contribution in [3.05, 3.63) is 114 Å². The molecule has 0 atom stereocenters. The fourth-order valence-electron chi connectivity index (χ4n) is 6.33. The van der Waals surface area contributed by atoms with Crippen LogP contribution in [0.3, 0.4) is 0 Å². The second-order valence-corrected chi connectivity index (χ2v) is 12.4. The summed E-state index contributed by atoms with van der Waals surface area (Å²) in [5.41, 5.74) is 6.67. The van der Waals surface area contributed by atoms with Crippen molar-refractivity contribution < 1.29 is 14.7 Å². The zero-order valence-electron chi connectivity index (χ0n) is 25.1. The summed E-state index contributed by atoms with van der Waals surface area (Å²) >= 11 is 0. The van der Waals surface area contributed by atoms with Gasteiger partial charge < -0.3 is 4.42 Å². The molecule has 0 aliphatic carbocycles. The number of aryl methyl sites for hydroxylation is 2. The number of halogens is 1. The van der Waals surface area contributed by atoms with Gasteiger partial charge in [-0.05, 0) is 75.7 Å². The molecule has 0 radical (unpaired) electrons. The van der Waals surface area contributed by atoms with Gasteiger partial charge in [0.15, 0.2) is 6.20 Å². The summed E-state index contributed by atoms with van der Waals surface area (Å²) < 4.78 is 34.2. The molecule has 0 saturated heterocycles. The predicted octanol–water partition coefficient (Wildman–Crippen LogP) is 10.1. The molecular formula is C38H33FNO+. The van der Waals surface area contributed by atoms with E-state index in [2.05, 4.69) is 69.8 Å². The maximum atomic E-state index is 16.0. The van der Waals surface area contributed by atoms with E-state index >= 15 is 4.39 Å². The van der Waals surface area contributed by atoms with Gasteiger partial charge in [0.25, 0.3) is 0 Å². The van der Waals surface area contributed by atoms with E-state index in [9.17, 15) is 1.37 Å². The first-order valence-corrected chi connectivity index (χ1v) is 14.2. The minimum atomic E-state index is -0.397. The second-order valence-electron chi connectivity index (χ2n) is 12.4. The Morgan fingerprint density at radius 1 is 0.756 bits per heavy atom. The maximum absolute atomic E-state index is 16.0. The number of furan rings is 1. The average Bonchev–Trinajstić information content (AvgIpc) is 3.32. The summed E-state index contributed by atoms with van der Waals surface area (Å²) in [7, 11) is 2.07. The molecule has 0 aliphatic heterocycles. The second kappa shape index (κ2) is 9.27. The van der Waals surface area contributed by atoms with Gasteiger partial charge in [0.2, 0.25) is 5.69 Å². The fraction of sp³-hybridized carbons (Fsp3) is 0.184. The van der Waals surface area contributed by atoms with Crippen molar-refractivity contribution >= 4 is 43.5 Å². The summed E-state index contributed by atoms with van der Waals surface area (Å²) in [6.45, 7) is 8.83. The van der Waals surface area contributed by atoms with Crippen molar-refractivity contribution in [3.8, 4) is 22.4 Å². The number of hydrogen-bond donors (Lipinski definition) is 0. The maximum Gasteiger partial charge on any atom is 0.216 e. The molecular weight excluding hydrogens is 505 g/mol. The SMILES string of the molecule is [2H]c1c(-c2c(F)ccc3c2oc2c(-c4ccc(CC(C)(C)C)c[n+]4C)c(C)ccc23)c2ccccc2c2ccccc12. The number of fused-ring (bicyclic) bond motifs is 6. The Morgan fingerprint density at radius 2 is 1.41 bits per heavy atom. The summed E-state index contributed by atoms with van der Waals surface area (Å²) in [6.07, 6.45) is 3.17. The van der Waals surface area contributed by atoms with Gasteiger partial charge >= 0.3 is 0 Å². The highest BCUT2D eigenvalue weighted by atomic mass is 19.1. The van der Waals surface area contributed by atoms with E-state index in [0.717, 1.165) is 61.1 Å². The van der Waals surface area contributed by atoms with Crippen LogP contribution in [0.5, 0.6) is 0 Å². The van der Waals surface area contributed by atoms with E-state index in [-0.39, 0.29) is 5.41 Å². The molecule has 0 fully saturated rings. The van der Waals surface area contributed by atoms with Crippen molar-refractivity contribution in [2.45, 2.75) is 34.1 Å². The number of aromatic nitrogens is 1. The van der Waals surface area contributed by atoms with Crippen LogP contribution in [0.2, 0.25) is 0 Å². The summed E-state index contributed by atoms with van der Waals surface area (Å²) in [4.78, 5) is 0. The molecule has 0 spiro atoms. The quantitative estimate of drug-likeness (QED) is 0.161.